The number of non-ortho nitro benzene ring substituents is 1. The minimum atomic E-state index is -4.63. The van der Waals surface area contributed by atoms with Gasteiger partial charge in [-0.2, -0.15) is 0 Å². The van der Waals surface area contributed by atoms with Crippen LogP contribution in [0, 0.1) is 10.1 Å². The average Bonchev–Trinajstić information content (AvgIpc) is 3.40. The summed E-state index contributed by atoms with van der Waals surface area (Å²) < 4.78 is 27.3. The number of rotatable bonds is 9. The normalized spacial score (nSPS) is 20.4. The van der Waals surface area contributed by atoms with Crippen molar-refractivity contribution in [1.29, 1.82) is 0 Å². The molecule has 1 aliphatic rings. The molecular weight excluding hydrogens is 586 g/mol. The maximum absolute atomic E-state index is 13.1. The number of anilines is 2. The standard InChI is InChI=1S/C24H20BrN3O9S/c1-23(14-6-8-15(9-7-14)28(34)35)12-24(23,25)26-17-3-2-4-19(20(17)22(32)33)38(36,37)27-16-10-5-13(21(30)31)11-18(16)29/h2-11,26-27,29H,12H2,1H3,(H,30,31)(H,32,33)/p-2/t23-,24-/m0/s1. The van der Waals surface area contributed by atoms with Gasteiger partial charge in [0.05, 0.1) is 21.4 Å². The number of hydrogen-bond acceptors (Lipinski definition) is 9. The minimum absolute atomic E-state index is 0.0843. The molecule has 0 bridgehead atoms. The molecule has 0 aliphatic heterocycles. The van der Waals surface area contributed by atoms with Gasteiger partial charge in [0.2, 0.25) is 0 Å². The number of nitrogens with one attached hydrogen (secondary N) is 2. The highest BCUT2D eigenvalue weighted by molar-refractivity contribution is 9.10. The Labute approximate surface area is 224 Å². The van der Waals surface area contributed by atoms with Crippen LogP contribution in [0.5, 0.6) is 5.75 Å². The SMILES string of the molecule is C[C@@]1(c2ccc([N+](=O)[O-])cc2)C[C@]1(Br)Nc1cccc(S(=O)(=O)Nc2ccc(C(=O)O)cc2[O-])c1C(=O)[O-]. The van der Waals surface area contributed by atoms with Crippen molar-refractivity contribution in [2.24, 2.45) is 0 Å². The van der Waals surface area contributed by atoms with E-state index in [1.807, 2.05) is 11.6 Å². The smallest absolute Gasteiger partial charge is 0.335 e. The zero-order valence-electron chi connectivity index (χ0n) is 19.4. The zero-order chi connectivity index (χ0) is 28.0. The lowest BCUT2D eigenvalue weighted by molar-refractivity contribution is -0.384. The fraction of sp³-hybridized carbons (Fsp3) is 0.167. The van der Waals surface area contributed by atoms with E-state index in [1.165, 1.54) is 24.3 Å². The highest BCUT2D eigenvalue weighted by Crippen LogP contribution is 2.63. The molecule has 3 N–H and O–H groups in total. The average molecular weight is 604 g/mol. The first-order valence-corrected chi connectivity index (χ1v) is 13.1. The molecule has 0 amide bonds. The topological polar surface area (TPSA) is 202 Å². The molecule has 3 aromatic carbocycles. The van der Waals surface area contributed by atoms with Gasteiger partial charge in [-0.15, -0.1) is 0 Å². The summed E-state index contributed by atoms with van der Waals surface area (Å²) in [5, 5.41) is 47.3. The van der Waals surface area contributed by atoms with Crippen LogP contribution in [0.4, 0.5) is 17.1 Å². The van der Waals surface area contributed by atoms with Crippen molar-refractivity contribution in [2.45, 2.75) is 28.1 Å². The molecule has 4 rings (SSSR count). The van der Waals surface area contributed by atoms with Crippen molar-refractivity contribution >= 4 is 55.0 Å². The molecule has 0 unspecified atom stereocenters. The van der Waals surface area contributed by atoms with Crippen molar-refractivity contribution in [3.63, 3.8) is 0 Å². The van der Waals surface area contributed by atoms with Gasteiger partial charge in [0.15, 0.2) is 0 Å². The Hall–Kier alpha value is -4.17. The van der Waals surface area contributed by atoms with Gasteiger partial charge in [0.25, 0.3) is 15.7 Å². The number of aromatic carboxylic acids is 2. The number of carbonyl (C=O) groups is 2. The first-order chi connectivity index (χ1) is 17.7. The summed E-state index contributed by atoms with van der Waals surface area (Å²) >= 11 is 3.56. The summed E-state index contributed by atoms with van der Waals surface area (Å²) in [4.78, 5) is 32.9. The second-order valence-corrected chi connectivity index (χ2v) is 11.8. The molecule has 0 radical (unpaired) electrons. The third kappa shape index (κ3) is 4.75. The van der Waals surface area contributed by atoms with E-state index in [-0.39, 0.29) is 16.9 Å². The number of hydrogen-bond donors (Lipinski definition) is 3. The molecule has 3 aromatic rings. The number of carboxylic acids is 2. The number of alkyl halides is 1. The summed E-state index contributed by atoms with van der Waals surface area (Å²) in [7, 11) is -4.63. The van der Waals surface area contributed by atoms with Crippen LogP contribution in [0.1, 0.15) is 39.6 Å². The third-order valence-corrected chi connectivity index (χ3v) is 9.15. The molecule has 0 heterocycles. The number of halogens is 1. The number of nitrogens with zero attached hydrogens (tertiary/aromatic N) is 1. The Bertz CT molecular complexity index is 1590. The minimum Gasteiger partial charge on any atom is -0.871 e. The van der Waals surface area contributed by atoms with Crippen LogP contribution >= 0.6 is 15.9 Å². The molecule has 2 atom stereocenters. The van der Waals surface area contributed by atoms with Gasteiger partial charge in [-0.05, 0) is 36.2 Å². The fourth-order valence-corrected chi connectivity index (χ4v) is 6.42. The van der Waals surface area contributed by atoms with Gasteiger partial charge in [0.1, 0.15) is 4.45 Å². The monoisotopic (exact) mass is 603 g/mol. The van der Waals surface area contributed by atoms with E-state index in [0.29, 0.717) is 6.42 Å². The van der Waals surface area contributed by atoms with E-state index in [9.17, 15) is 38.3 Å². The highest BCUT2D eigenvalue weighted by atomic mass is 79.9. The van der Waals surface area contributed by atoms with E-state index in [1.54, 1.807) is 12.1 Å². The van der Waals surface area contributed by atoms with Gasteiger partial charge in [-0.1, -0.05) is 52.9 Å². The molecule has 1 saturated carbocycles. The second-order valence-electron chi connectivity index (χ2n) is 8.83. The molecule has 0 aromatic heterocycles. The highest BCUT2D eigenvalue weighted by Gasteiger charge is 2.64. The Morgan fingerprint density at radius 1 is 1.08 bits per heavy atom. The molecule has 198 valence electrons. The van der Waals surface area contributed by atoms with Crippen LogP contribution in [-0.4, -0.2) is 34.8 Å². The number of carboxylic acid groups (broad SMARTS) is 2. The van der Waals surface area contributed by atoms with Gasteiger partial charge < -0.3 is 25.4 Å². The first kappa shape index (κ1) is 26.9. The summed E-state index contributed by atoms with van der Waals surface area (Å²) in [6.45, 7) is 1.84. The quantitative estimate of drug-likeness (QED) is 0.141. The van der Waals surface area contributed by atoms with Gasteiger partial charge in [-0.25, -0.2) is 13.2 Å². The van der Waals surface area contributed by atoms with Crippen LogP contribution in [0.15, 0.2) is 65.6 Å². The predicted octanol–water partition coefficient (Wildman–Crippen LogP) is 2.40. The van der Waals surface area contributed by atoms with E-state index < -0.39 is 58.6 Å². The summed E-state index contributed by atoms with van der Waals surface area (Å²) in [5.74, 6) is -4.10. The molecule has 14 heteroatoms. The number of sulfonamides is 1. The first-order valence-electron chi connectivity index (χ1n) is 10.8. The van der Waals surface area contributed by atoms with Crippen LogP contribution in [-0.2, 0) is 15.4 Å². The Kier molecular flexibility index (Phi) is 6.57. The molecule has 0 saturated heterocycles. The summed E-state index contributed by atoms with van der Waals surface area (Å²) in [5.41, 5.74) is -1.59. The van der Waals surface area contributed by atoms with Crippen molar-refractivity contribution in [3.05, 3.63) is 87.5 Å². The number of nitro benzene ring substituents is 1. The zero-order valence-corrected chi connectivity index (χ0v) is 21.8. The molecule has 1 aliphatic carbocycles. The summed E-state index contributed by atoms with van der Waals surface area (Å²) in [6, 6.07) is 12.3. The molecule has 12 nitrogen and oxygen atoms in total. The second kappa shape index (κ2) is 9.29. The lowest BCUT2D eigenvalue weighted by atomic mass is 9.97. The molecule has 38 heavy (non-hydrogen) atoms. The largest absolute Gasteiger partial charge is 0.871 e. The lowest BCUT2D eigenvalue weighted by Crippen LogP contribution is -2.30. The number of nitro groups is 1. The lowest BCUT2D eigenvalue weighted by Gasteiger charge is -2.24. The Morgan fingerprint density at radius 2 is 1.74 bits per heavy atom. The van der Waals surface area contributed by atoms with Crippen molar-refractivity contribution < 1.29 is 38.2 Å². The third-order valence-electron chi connectivity index (χ3n) is 6.39. The van der Waals surface area contributed by atoms with Crippen LogP contribution < -0.4 is 20.3 Å². The van der Waals surface area contributed by atoms with E-state index >= 15 is 0 Å². The molecular formula is C24H18BrN3O9S-2. The van der Waals surface area contributed by atoms with Gasteiger partial charge in [-0.3, -0.25) is 14.8 Å². The van der Waals surface area contributed by atoms with E-state index in [4.69, 9.17) is 5.11 Å². The van der Waals surface area contributed by atoms with Gasteiger partial charge >= 0.3 is 5.97 Å². The maximum atomic E-state index is 13.1. The van der Waals surface area contributed by atoms with E-state index in [2.05, 4.69) is 21.2 Å². The fourth-order valence-electron chi connectivity index (χ4n) is 4.13. The number of carbonyl (C=O) groups excluding carboxylic acids is 1. The van der Waals surface area contributed by atoms with Crippen LogP contribution in [0.25, 0.3) is 0 Å². The van der Waals surface area contributed by atoms with Crippen LogP contribution in [0.2, 0.25) is 0 Å². The number of benzene rings is 3. The van der Waals surface area contributed by atoms with Crippen LogP contribution in [0.3, 0.4) is 0 Å². The Morgan fingerprint density at radius 3 is 2.29 bits per heavy atom. The van der Waals surface area contributed by atoms with Gasteiger partial charge in [0, 0.05) is 34.5 Å². The Balaban J connectivity index is 1.66. The molecule has 0 spiro atoms. The van der Waals surface area contributed by atoms with Crippen molar-refractivity contribution in [2.75, 3.05) is 10.0 Å². The summed E-state index contributed by atoms with van der Waals surface area (Å²) in [6.07, 6.45) is 0.426. The maximum Gasteiger partial charge on any atom is 0.335 e. The predicted molar refractivity (Wildman–Crippen MR) is 135 cm³/mol. The molecule has 1 fully saturated rings. The van der Waals surface area contributed by atoms with Crippen molar-refractivity contribution in [3.8, 4) is 5.75 Å². The van der Waals surface area contributed by atoms with E-state index in [0.717, 1.165) is 29.8 Å². The van der Waals surface area contributed by atoms with Crippen molar-refractivity contribution in [1.82, 2.24) is 0 Å².